The predicted octanol–water partition coefficient (Wildman–Crippen LogP) is 4.30. The standard InChI is InChI=1S/C23H27NO4S/c1-11-8-14(21(24)25)9-12(2)19(11)27-6-7-28-22(26)20-15-10-16-18(23(16,4)5)17(15)13(3)29-20/h8-9,16,18H,6-7,10H2,1-5H3,(H2,24,25)/t16-,18-/m1/s1. The first-order valence-corrected chi connectivity index (χ1v) is 10.8. The molecule has 1 aromatic carbocycles. The van der Waals surface area contributed by atoms with Crippen molar-refractivity contribution in [2.45, 2.75) is 47.0 Å². The maximum atomic E-state index is 12.6. The van der Waals surface area contributed by atoms with Gasteiger partial charge in [-0.2, -0.15) is 0 Å². The minimum Gasteiger partial charge on any atom is -0.489 e. The average Bonchev–Trinajstić information content (AvgIpc) is 2.98. The molecule has 1 heterocycles. The van der Waals surface area contributed by atoms with Gasteiger partial charge in [0.25, 0.3) is 0 Å². The monoisotopic (exact) mass is 413 g/mol. The van der Waals surface area contributed by atoms with Gasteiger partial charge in [-0.1, -0.05) is 13.8 Å². The number of carbonyl (C=O) groups excluding carboxylic acids is 2. The molecule has 5 nitrogen and oxygen atoms in total. The van der Waals surface area contributed by atoms with Crippen LogP contribution in [-0.4, -0.2) is 25.1 Å². The third kappa shape index (κ3) is 3.23. The Balaban J connectivity index is 1.36. The van der Waals surface area contributed by atoms with Crippen LogP contribution in [0.15, 0.2) is 12.1 Å². The van der Waals surface area contributed by atoms with Crippen molar-refractivity contribution in [3.8, 4) is 5.75 Å². The number of hydrogen-bond donors (Lipinski definition) is 1. The van der Waals surface area contributed by atoms with Crippen LogP contribution in [0.5, 0.6) is 5.75 Å². The molecular weight excluding hydrogens is 386 g/mol. The highest BCUT2D eigenvalue weighted by atomic mass is 32.1. The number of fused-ring (bicyclic) bond motifs is 3. The number of aryl methyl sites for hydroxylation is 3. The number of benzene rings is 1. The van der Waals surface area contributed by atoms with Crippen LogP contribution in [0.3, 0.4) is 0 Å². The molecule has 1 saturated carbocycles. The van der Waals surface area contributed by atoms with Gasteiger partial charge in [0.15, 0.2) is 0 Å². The minimum absolute atomic E-state index is 0.180. The maximum absolute atomic E-state index is 12.6. The zero-order valence-corrected chi connectivity index (χ0v) is 18.4. The molecule has 1 aromatic heterocycles. The first kappa shape index (κ1) is 20.0. The number of rotatable bonds is 6. The Morgan fingerprint density at radius 1 is 1.17 bits per heavy atom. The molecule has 2 aliphatic carbocycles. The summed E-state index contributed by atoms with van der Waals surface area (Å²) in [4.78, 5) is 26.0. The van der Waals surface area contributed by atoms with Gasteiger partial charge in [0.2, 0.25) is 5.91 Å². The lowest BCUT2D eigenvalue weighted by Crippen LogP contribution is -2.15. The van der Waals surface area contributed by atoms with Gasteiger partial charge in [-0.15, -0.1) is 11.3 Å². The normalized spacial score (nSPS) is 20.7. The number of nitrogens with two attached hydrogens (primary N) is 1. The number of esters is 1. The van der Waals surface area contributed by atoms with Crippen molar-refractivity contribution < 1.29 is 19.1 Å². The van der Waals surface area contributed by atoms with Gasteiger partial charge in [-0.3, -0.25) is 4.79 Å². The molecule has 29 heavy (non-hydrogen) atoms. The van der Waals surface area contributed by atoms with Gasteiger partial charge in [-0.25, -0.2) is 4.79 Å². The Hall–Kier alpha value is -2.34. The van der Waals surface area contributed by atoms with Crippen molar-refractivity contribution in [1.82, 2.24) is 0 Å². The lowest BCUT2D eigenvalue weighted by Gasteiger charge is -2.13. The minimum atomic E-state index is -0.462. The van der Waals surface area contributed by atoms with E-state index in [0.717, 1.165) is 22.4 Å². The molecule has 4 rings (SSSR count). The van der Waals surface area contributed by atoms with Crippen LogP contribution in [0.4, 0.5) is 0 Å². The van der Waals surface area contributed by atoms with Gasteiger partial charge >= 0.3 is 5.97 Å². The van der Waals surface area contributed by atoms with E-state index in [9.17, 15) is 9.59 Å². The number of ether oxygens (including phenoxy) is 2. The zero-order chi connectivity index (χ0) is 21.1. The molecule has 6 heteroatoms. The Morgan fingerprint density at radius 2 is 1.83 bits per heavy atom. The summed E-state index contributed by atoms with van der Waals surface area (Å²) in [6.45, 7) is 10.9. The second-order valence-electron chi connectivity index (χ2n) is 8.78. The highest BCUT2D eigenvalue weighted by Gasteiger charge is 2.63. The largest absolute Gasteiger partial charge is 0.489 e. The SMILES string of the molecule is Cc1cc(C(N)=O)cc(C)c1OCCOC(=O)c1sc(C)c2c1C[C@@H]1[C@H]2C1(C)C. The molecule has 0 bridgehead atoms. The summed E-state index contributed by atoms with van der Waals surface area (Å²) in [7, 11) is 0. The van der Waals surface area contributed by atoms with Crippen LogP contribution < -0.4 is 10.5 Å². The van der Waals surface area contributed by atoms with Crippen molar-refractivity contribution >= 4 is 23.2 Å². The van der Waals surface area contributed by atoms with Gasteiger partial charge in [0.05, 0.1) is 0 Å². The first-order chi connectivity index (χ1) is 13.6. The molecule has 1 amide bonds. The molecule has 1 fully saturated rings. The van der Waals surface area contributed by atoms with E-state index in [1.807, 2.05) is 13.8 Å². The smallest absolute Gasteiger partial charge is 0.348 e. The molecule has 2 aromatic rings. The van der Waals surface area contributed by atoms with Crippen molar-refractivity contribution in [2.24, 2.45) is 17.1 Å². The van der Waals surface area contributed by atoms with Crippen LogP contribution in [0, 0.1) is 32.1 Å². The van der Waals surface area contributed by atoms with Gasteiger partial charge in [0, 0.05) is 10.4 Å². The van der Waals surface area contributed by atoms with Crippen molar-refractivity contribution in [2.75, 3.05) is 13.2 Å². The summed E-state index contributed by atoms with van der Waals surface area (Å²) in [6.07, 6.45) is 0.989. The lowest BCUT2D eigenvalue weighted by atomic mass is 9.95. The summed E-state index contributed by atoms with van der Waals surface area (Å²) in [5, 5.41) is 0. The number of carbonyl (C=O) groups is 2. The molecule has 0 unspecified atom stereocenters. The third-order valence-electron chi connectivity index (χ3n) is 6.51. The molecule has 2 atom stereocenters. The highest BCUT2D eigenvalue weighted by Crippen LogP contribution is 2.71. The van der Waals surface area contributed by atoms with Crippen molar-refractivity contribution in [1.29, 1.82) is 0 Å². The summed E-state index contributed by atoms with van der Waals surface area (Å²) in [6, 6.07) is 3.42. The summed E-state index contributed by atoms with van der Waals surface area (Å²) >= 11 is 1.56. The third-order valence-corrected chi connectivity index (χ3v) is 7.66. The Labute approximate surface area is 175 Å². The fourth-order valence-corrected chi connectivity index (χ4v) is 6.09. The molecule has 0 spiro atoms. The number of thiophene rings is 1. The Kier molecular flexibility index (Phi) is 4.73. The summed E-state index contributed by atoms with van der Waals surface area (Å²) < 4.78 is 11.3. The van der Waals surface area contributed by atoms with E-state index in [1.54, 1.807) is 23.5 Å². The lowest BCUT2D eigenvalue weighted by molar-refractivity contribution is 0.0454. The zero-order valence-electron chi connectivity index (χ0n) is 17.5. The molecule has 0 radical (unpaired) electrons. The van der Waals surface area contributed by atoms with Crippen LogP contribution >= 0.6 is 11.3 Å². The molecule has 154 valence electrons. The molecular formula is C23H27NO4S. The molecule has 0 saturated heterocycles. The van der Waals surface area contributed by atoms with Crippen molar-refractivity contribution in [3.05, 3.63) is 49.7 Å². The Morgan fingerprint density at radius 3 is 2.45 bits per heavy atom. The van der Waals surface area contributed by atoms with Crippen molar-refractivity contribution in [3.63, 3.8) is 0 Å². The fourth-order valence-electron chi connectivity index (χ4n) is 4.96. The molecule has 0 aliphatic heterocycles. The average molecular weight is 414 g/mol. The van der Waals surface area contributed by atoms with E-state index < -0.39 is 5.91 Å². The summed E-state index contributed by atoms with van der Waals surface area (Å²) in [5.41, 5.74) is 10.4. The van der Waals surface area contributed by atoms with E-state index in [0.29, 0.717) is 28.6 Å². The highest BCUT2D eigenvalue weighted by molar-refractivity contribution is 7.14. The van der Waals surface area contributed by atoms with Gasteiger partial charge in [0.1, 0.15) is 23.8 Å². The second kappa shape index (κ2) is 6.87. The van der Waals surface area contributed by atoms with Gasteiger partial charge < -0.3 is 15.2 Å². The Bertz CT molecular complexity index is 997. The van der Waals surface area contributed by atoms with Gasteiger partial charge in [-0.05, 0) is 78.8 Å². The van der Waals surface area contributed by atoms with Crippen LogP contribution in [0.25, 0.3) is 0 Å². The van der Waals surface area contributed by atoms with Crippen LogP contribution in [-0.2, 0) is 11.2 Å². The fraction of sp³-hybridized carbons (Fsp3) is 0.478. The quantitative estimate of drug-likeness (QED) is 0.566. The topological polar surface area (TPSA) is 78.6 Å². The summed E-state index contributed by atoms with van der Waals surface area (Å²) in [5.74, 6) is 1.26. The van der Waals surface area contributed by atoms with Crippen LogP contribution in [0.1, 0.15) is 66.9 Å². The van der Waals surface area contributed by atoms with Crippen LogP contribution in [0.2, 0.25) is 0 Å². The first-order valence-electron chi connectivity index (χ1n) is 9.96. The second-order valence-corrected chi connectivity index (χ2v) is 10.0. The number of primary amides is 1. The number of amides is 1. The molecule has 2 N–H and O–H groups in total. The van der Waals surface area contributed by atoms with E-state index in [-0.39, 0.29) is 19.2 Å². The number of hydrogen-bond acceptors (Lipinski definition) is 5. The van der Waals surface area contributed by atoms with E-state index >= 15 is 0 Å². The predicted molar refractivity (Wildman–Crippen MR) is 113 cm³/mol. The van der Waals surface area contributed by atoms with E-state index in [1.165, 1.54) is 16.0 Å². The van der Waals surface area contributed by atoms with E-state index in [4.69, 9.17) is 15.2 Å². The van der Waals surface area contributed by atoms with E-state index in [2.05, 4.69) is 20.8 Å². The molecule has 2 aliphatic rings. The maximum Gasteiger partial charge on any atom is 0.348 e.